The molecule has 2 aromatic carbocycles. The lowest BCUT2D eigenvalue weighted by atomic mass is 10.1. The molecular formula is C20H27N3O2. The first-order chi connectivity index (χ1) is 12.3. The zero-order valence-corrected chi connectivity index (χ0v) is 15.2. The average molecular weight is 341 g/mol. The first-order valence-corrected chi connectivity index (χ1v) is 8.48. The zero-order valence-electron chi connectivity index (χ0n) is 15.2. The van der Waals surface area contributed by atoms with Crippen molar-refractivity contribution in [1.82, 2.24) is 10.6 Å². The predicted molar refractivity (Wildman–Crippen MR) is 102 cm³/mol. The number of para-hydroxylation sites is 1. The van der Waals surface area contributed by atoms with Crippen LogP contribution in [0.3, 0.4) is 0 Å². The third kappa shape index (κ3) is 6.12. The third-order valence-corrected chi connectivity index (χ3v) is 3.70. The Morgan fingerprint density at radius 1 is 1.00 bits per heavy atom. The second kappa shape index (κ2) is 10.4. The number of hydrogen-bond acceptors (Lipinski definition) is 3. The van der Waals surface area contributed by atoms with Gasteiger partial charge in [0.2, 0.25) is 0 Å². The lowest BCUT2D eigenvalue weighted by molar-refractivity contribution is 0.185. The van der Waals surface area contributed by atoms with Gasteiger partial charge in [-0.1, -0.05) is 42.5 Å². The van der Waals surface area contributed by atoms with E-state index < -0.39 is 0 Å². The van der Waals surface area contributed by atoms with Crippen molar-refractivity contribution >= 4 is 5.96 Å². The quantitative estimate of drug-likeness (QED) is 0.572. The Kier molecular flexibility index (Phi) is 7.79. The lowest BCUT2D eigenvalue weighted by Crippen LogP contribution is -2.36. The highest BCUT2D eigenvalue weighted by Gasteiger charge is 2.04. The fourth-order valence-electron chi connectivity index (χ4n) is 2.53. The second-order valence-electron chi connectivity index (χ2n) is 5.57. The van der Waals surface area contributed by atoms with E-state index in [4.69, 9.17) is 9.47 Å². The number of aliphatic imine (C=N–C) groups is 1. The van der Waals surface area contributed by atoms with Crippen molar-refractivity contribution in [2.75, 3.05) is 20.8 Å². The Hall–Kier alpha value is -2.53. The molecule has 0 atom stereocenters. The van der Waals surface area contributed by atoms with Gasteiger partial charge in [0.1, 0.15) is 5.75 Å². The fraction of sp³-hybridized carbons (Fsp3) is 0.350. The van der Waals surface area contributed by atoms with Crippen LogP contribution in [0, 0.1) is 0 Å². The molecule has 0 heterocycles. The molecule has 0 amide bonds. The molecule has 2 rings (SSSR count). The molecule has 0 aliphatic carbocycles. The van der Waals surface area contributed by atoms with Crippen LogP contribution in [-0.4, -0.2) is 26.7 Å². The average Bonchev–Trinajstić information content (AvgIpc) is 2.64. The van der Waals surface area contributed by atoms with Crippen LogP contribution in [0.4, 0.5) is 0 Å². The fourth-order valence-corrected chi connectivity index (χ4v) is 2.53. The molecule has 0 bridgehead atoms. The van der Waals surface area contributed by atoms with Crippen molar-refractivity contribution in [2.24, 2.45) is 4.99 Å². The summed E-state index contributed by atoms with van der Waals surface area (Å²) in [5.74, 6) is 1.66. The number of hydrogen-bond donors (Lipinski definition) is 2. The minimum absolute atomic E-state index is 0.620. The van der Waals surface area contributed by atoms with Crippen LogP contribution in [-0.2, 0) is 24.4 Å². The molecule has 0 saturated heterocycles. The predicted octanol–water partition coefficient (Wildman–Crippen LogP) is 3.10. The second-order valence-corrected chi connectivity index (χ2v) is 5.57. The maximum Gasteiger partial charge on any atom is 0.191 e. The van der Waals surface area contributed by atoms with E-state index in [1.165, 1.54) is 5.56 Å². The lowest BCUT2D eigenvalue weighted by Gasteiger charge is -2.14. The SMILES string of the molecule is CCOc1ccccc1CNC(=NC)NCc1cccc(COC)c1. The van der Waals surface area contributed by atoms with Crippen LogP contribution >= 0.6 is 0 Å². The molecule has 0 aliphatic heterocycles. The van der Waals surface area contributed by atoms with E-state index >= 15 is 0 Å². The smallest absolute Gasteiger partial charge is 0.191 e. The zero-order chi connectivity index (χ0) is 17.9. The van der Waals surface area contributed by atoms with Gasteiger partial charge in [-0.3, -0.25) is 4.99 Å². The summed E-state index contributed by atoms with van der Waals surface area (Å²) < 4.78 is 10.8. The largest absolute Gasteiger partial charge is 0.494 e. The van der Waals surface area contributed by atoms with Gasteiger partial charge in [-0.05, 0) is 24.1 Å². The monoisotopic (exact) mass is 341 g/mol. The minimum atomic E-state index is 0.620. The number of guanidine groups is 1. The van der Waals surface area contributed by atoms with E-state index in [1.807, 2.05) is 31.2 Å². The molecule has 0 saturated carbocycles. The summed E-state index contributed by atoms with van der Waals surface area (Å²) in [5.41, 5.74) is 3.46. The van der Waals surface area contributed by atoms with Gasteiger partial charge < -0.3 is 20.1 Å². The molecular weight excluding hydrogens is 314 g/mol. The number of methoxy groups -OCH3 is 1. The first kappa shape index (κ1) is 18.8. The molecule has 0 unspecified atom stereocenters. The highest BCUT2D eigenvalue weighted by Crippen LogP contribution is 2.17. The van der Waals surface area contributed by atoms with Crippen molar-refractivity contribution in [2.45, 2.75) is 26.6 Å². The van der Waals surface area contributed by atoms with Gasteiger partial charge in [0.15, 0.2) is 5.96 Å². The van der Waals surface area contributed by atoms with Gasteiger partial charge >= 0.3 is 0 Å². The topological polar surface area (TPSA) is 54.9 Å². The summed E-state index contributed by atoms with van der Waals surface area (Å²) in [6.45, 7) is 4.61. The maximum atomic E-state index is 5.66. The van der Waals surface area contributed by atoms with Crippen LogP contribution in [0.2, 0.25) is 0 Å². The maximum absolute atomic E-state index is 5.66. The Labute approximate surface area is 150 Å². The van der Waals surface area contributed by atoms with Crippen LogP contribution in [0.5, 0.6) is 5.75 Å². The van der Waals surface area contributed by atoms with Crippen molar-refractivity contribution < 1.29 is 9.47 Å². The summed E-state index contributed by atoms with van der Waals surface area (Å²) in [5, 5.41) is 6.66. The molecule has 5 nitrogen and oxygen atoms in total. The highest BCUT2D eigenvalue weighted by atomic mass is 16.5. The van der Waals surface area contributed by atoms with Crippen LogP contribution in [0.15, 0.2) is 53.5 Å². The van der Waals surface area contributed by atoms with Gasteiger partial charge in [-0.15, -0.1) is 0 Å². The Morgan fingerprint density at radius 2 is 1.76 bits per heavy atom. The van der Waals surface area contributed by atoms with Crippen LogP contribution < -0.4 is 15.4 Å². The molecule has 5 heteroatoms. The van der Waals surface area contributed by atoms with Crippen molar-refractivity contribution in [3.05, 3.63) is 65.2 Å². The minimum Gasteiger partial charge on any atom is -0.494 e. The summed E-state index contributed by atoms with van der Waals surface area (Å²) in [6, 6.07) is 16.4. The molecule has 0 fully saturated rings. The Morgan fingerprint density at radius 3 is 2.52 bits per heavy atom. The molecule has 0 spiro atoms. The van der Waals surface area contributed by atoms with Gasteiger partial charge in [0.25, 0.3) is 0 Å². The summed E-state index contributed by atoms with van der Waals surface area (Å²) in [7, 11) is 3.47. The van der Waals surface area contributed by atoms with Crippen molar-refractivity contribution in [3.63, 3.8) is 0 Å². The summed E-state index contributed by atoms with van der Waals surface area (Å²) in [4.78, 5) is 4.28. The molecule has 0 aromatic heterocycles. The van der Waals surface area contributed by atoms with Crippen LogP contribution in [0.1, 0.15) is 23.6 Å². The number of rotatable bonds is 8. The van der Waals surface area contributed by atoms with Gasteiger partial charge in [0, 0.05) is 32.8 Å². The number of nitrogens with zero attached hydrogens (tertiary/aromatic N) is 1. The third-order valence-electron chi connectivity index (χ3n) is 3.70. The van der Waals surface area contributed by atoms with Crippen molar-refractivity contribution in [3.8, 4) is 5.75 Å². The van der Waals surface area contributed by atoms with E-state index in [0.717, 1.165) is 22.8 Å². The highest BCUT2D eigenvalue weighted by molar-refractivity contribution is 5.79. The number of nitrogens with one attached hydrogen (secondary N) is 2. The molecule has 0 radical (unpaired) electrons. The summed E-state index contributed by atoms with van der Waals surface area (Å²) >= 11 is 0. The first-order valence-electron chi connectivity index (χ1n) is 8.48. The normalized spacial score (nSPS) is 11.2. The van der Waals surface area contributed by atoms with Gasteiger partial charge in [0.05, 0.1) is 13.2 Å². The van der Waals surface area contributed by atoms with E-state index in [1.54, 1.807) is 14.2 Å². The molecule has 2 aromatic rings. The van der Waals surface area contributed by atoms with Gasteiger partial charge in [-0.25, -0.2) is 0 Å². The standard InChI is InChI=1S/C20H27N3O2/c1-4-25-19-11-6-5-10-18(19)14-23-20(21-2)22-13-16-8-7-9-17(12-16)15-24-3/h5-12H,4,13-15H2,1-3H3,(H2,21,22,23). The van der Waals surface area contributed by atoms with E-state index in [9.17, 15) is 0 Å². The molecule has 134 valence electrons. The van der Waals surface area contributed by atoms with E-state index in [-0.39, 0.29) is 0 Å². The van der Waals surface area contributed by atoms with E-state index in [0.29, 0.717) is 26.3 Å². The molecule has 0 aliphatic rings. The van der Waals surface area contributed by atoms with Crippen LogP contribution in [0.25, 0.3) is 0 Å². The Bertz CT molecular complexity index is 686. The van der Waals surface area contributed by atoms with Gasteiger partial charge in [-0.2, -0.15) is 0 Å². The number of benzene rings is 2. The Balaban J connectivity index is 1.90. The molecule has 2 N–H and O–H groups in total. The molecule has 25 heavy (non-hydrogen) atoms. The van der Waals surface area contributed by atoms with E-state index in [2.05, 4.69) is 39.9 Å². The summed E-state index contributed by atoms with van der Waals surface area (Å²) in [6.07, 6.45) is 0. The number of ether oxygens (including phenoxy) is 2. The van der Waals surface area contributed by atoms with Crippen molar-refractivity contribution in [1.29, 1.82) is 0 Å².